The molecule has 0 fully saturated rings. The van der Waals surface area contributed by atoms with Crippen molar-refractivity contribution in [3.63, 3.8) is 0 Å². The fraction of sp³-hybridized carbons (Fsp3) is 0.500. The van der Waals surface area contributed by atoms with Gasteiger partial charge in [-0.15, -0.1) is 12.4 Å². The number of aliphatic hydroxyl groups excluding tert-OH is 1. The van der Waals surface area contributed by atoms with E-state index in [1.54, 1.807) is 12.1 Å². The Morgan fingerprint density at radius 2 is 2.12 bits per heavy atom. The molecule has 2 nitrogen and oxygen atoms in total. The van der Waals surface area contributed by atoms with Gasteiger partial charge in [0, 0.05) is 6.04 Å². The predicted molar refractivity (Wildman–Crippen MR) is 64.8 cm³/mol. The summed E-state index contributed by atoms with van der Waals surface area (Å²) in [5, 5.41) is 12.7. The van der Waals surface area contributed by atoms with Crippen molar-refractivity contribution in [2.75, 3.05) is 6.54 Å². The summed E-state index contributed by atoms with van der Waals surface area (Å²) in [6, 6.07) is 5.40. The molecule has 1 aliphatic rings. The highest BCUT2D eigenvalue weighted by molar-refractivity contribution is 5.85. The number of hydrogen-bond donors (Lipinski definition) is 2. The molecule has 96 valence electrons. The number of benzene rings is 1. The van der Waals surface area contributed by atoms with Crippen molar-refractivity contribution in [1.29, 1.82) is 0 Å². The van der Waals surface area contributed by atoms with Crippen molar-refractivity contribution >= 4 is 12.4 Å². The highest BCUT2D eigenvalue weighted by Crippen LogP contribution is 2.31. The van der Waals surface area contributed by atoms with Crippen LogP contribution in [0.25, 0.3) is 0 Å². The molecule has 0 spiro atoms. The first-order valence-electron chi connectivity index (χ1n) is 5.42. The molecule has 1 heterocycles. The van der Waals surface area contributed by atoms with Gasteiger partial charge in [0.2, 0.25) is 0 Å². The molecule has 2 atom stereocenters. The van der Waals surface area contributed by atoms with Crippen LogP contribution in [0.4, 0.5) is 8.78 Å². The fourth-order valence-corrected chi connectivity index (χ4v) is 2.25. The molecule has 0 saturated carbocycles. The average molecular weight is 264 g/mol. The summed E-state index contributed by atoms with van der Waals surface area (Å²) in [7, 11) is 0. The predicted octanol–water partition coefficient (Wildman–Crippen LogP) is 2.61. The Morgan fingerprint density at radius 3 is 2.76 bits per heavy atom. The van der Waals surface area contributed by atoms with E-state index in [4.69, 9.17) is 0 Å². The summed E-state index contributed by atoms with van der Waals surface area (Å²) in [4.78, 5) is 0. The lowest BCUT2D eigenvalue weighted by molar-refractivity contribution is -0.00639. The lowest BCUT2D eigenvalue weighted by Crippen LogP contribution is -2.29. The van der Waals surface area contributed by atoms with E-state index in [0.717, 1.165) is 17.7 Å². The third-order valence-corrected chi connectivity index (χ3v) is 3.10. The first-order valence-corrected chi connectivity index (χ1v) is 5.42. The minimum Gasteiger partial charge on any atom is -0.382 e. The number of aliphatic hydroxyl groups is 1. The molecular formula is C12H16ClF2NO. The van der Waals surface area contributed by atoms with Gasteiger partial charge in [0.15, 0.2) is 0 Å². The second kappa shape index (κ2) is 5.76. The Kier molecular flexibility index (Phi) is 4.86. The third kappa shape index (κ3) is 2.76. The molecule has 0 unspecified atom stereocenters. The van der Waals surface area contributed by atoms with Gasteiger partial charge in [-0.25, -0.2) is 8.78 Å². The van der Waals surface area contributed by atoms with Crippen LogP contribution >= 0.6 is 12.4 Å². The van der Waals surface area contributed by atoms with Crippen LogP contribution in [0, 0.1) is 0 Å². The first kappa shape index (κ1) is 14.4. The molecule has 0 amide bonds. The Morgan fingerprint density at radius 1 is 1.41 bits per heavy atom. The van der Waals surface area contributed by atoms with Crippen LogP contribution in [0.2, 0.25) is 0 Å². The summed E-state index contributed by atoms with van der Waals surface area (Å²) < 4.78 is 25.0. The van der Waals surface area contributed by atoms with Crippen molar-refractivity contribution < 1.29 is 13.9 Å². The molecular weight excluding hydrogens is 248 g/mol. The summed E-state index contributed by atoms with van der Waals surface area (Å²) in [6.07, 6.45) is -3.70. The van der Waals surface area contributed by atoms with Crippen LogP contribution in [0.5, 0.6) is 0 Å². The number of fused-ring (bicyclic) bond motifs is 1. The zero-order chi connectivity index (χ0) is 11.7. The van der Waals surface area contributed by atoms with Crippen LogP contribution in [0.15, 0.2) is 18.2 Å². The van der Waals surface area contributed by atoms with E-state index in [1.807, 2.05) is 13.0 Å². The molecule has 0 radical (unpaired) electrons. The van der Waals surface area contributed by atoms with E-state index >= 15 is 0 Å². The van der Waals surface area contributed by atoms with Gasteiger partial charge in [-0.05, 0) is 36.6 Å². The maximum Gasteiger partial charge on any atom is 0.268 e. The van der Waals surface area contributed by atoms with Crippen LogP contribution in [-0.2, 0) is 6.42 Å². The average Bonchev–Trinajstić information content (AvgIpc) is 2.28. The van der Waals surface area contributed by atoms with Gasteiger partial charge in [0.1, 0.15) is 6.10 Å². The number of rotatable bonds is 2. The van der Waals surface area contributed by atoms with E-state index < -0.39 is 12.5 Å². The van der Waals surface area contributed by atoms with Crippen LogP contribution in [-0.4, -0.2) is 18.1 Å². The Balaban J connectivity index is 0.00000144. The highest BCUT2D eigenvalue weighted by Gasteiger charge is 2.26. The molecule has 17 heavy (non-hydrogen) atoms. The molecule has 1 aromatic carbocycles. The van der Waals surface area contributed by atoms with Crippen molar-refractivity contribution in [2.45, 2.75) is 31.9 Å². The topological polar surface area (TPSA) is 32.3 Å². The third-order valence-electron chi connectivity index (χ3n) is 3.10. The maximum atomic E-state index is 12.5. The van der Waals surface area contributed by atoms with E-state index in [-0.39, 0.29) is 18.4 Å². The summed E-state index contributed by atoms with van der Waals surface area (Å²) >= 11 is 0. The van der Waals surface area contributed by atoms with E-state index in [2.05, 4.69) is 5.32 Å². The van der Waals surface area contributed by atoms with Gasteiger partial charge in [0.05, 0.1) is 0 Å². The zero-order valence-corrected chi connectivity index (χ0v) is 10.3. The quantitative estimate of drug-likeness (QED) is 0.860. The van der Waals surface area contributed by atoms with Gasteiger partial charge in [-0.1, -0.05) is 18.2 Å². The maximum absolute atomic E-state index is 12.5. The van der Waals surface area contributed by atoms with E-state index in [9.17, 15) is 13.9 Å². The molecule has 0 bridgehead atoms. The van der Waals surface area contributed by atoms with Crippen molar-refractivity contribution in [2.24, 2.45) is 0 Å². The molecule has 0 aromatic heterocycles. The zero-order valence-electron chi connectivity index (χ0n) is 9.49. The second-order valence-corrected chi connectivity index (χ2v) is 4.12. The van der Waals surface area contributed by atoms with Gasteiger partial charge in [0.25, 0.3) is 6.43 Å². The molecule has 0 aliphatic carbocycles. The van der Waals surface area contributed by atoms with Gasteiger partial charge in [-0.2, -0.15) is 0 Å². The summed E-state index contributed by atoms with van der Waals surface area (Å²) in [5.41, 5.74) is 2.27. The highest BCUT2D eigenvalue weighted by atomic mass is 35.5. The lowest BCUT2D eigenvalue weighted by Gasteiger charge is -2.27. The molecule has 1 aromatic rings. The monoisotopic (exact) mass is 263 g/mol. The lowest BCUT2D eigenvalue weighted by atomic mass is 9.89. The second-order valence-electron chi connectivity index (χ2n) is 4.12. The first-order chi connectivity index (χ1) is 7.61. The van der Waals surface area contributed by atoms with Crippen molar-refractivity contribution in [3.05, 3.63) is 34.9 Å². The normalized spacial score (nSPS) is 20.6. The fourth-order valence-electron chi connectivity index (χ4n) is 2.25. The van der Waals surface area contributed by atoms with Crippen LogP contribution in [0.3, 0.4) is 0 Å². The molecule has 5 heteroatoms. The standard InChI is InChI=1S/C12H15F2NO.ClH/c1-7-8-3-2-4-10(11(16)12(13)14)9(8)5-6-15-7;/h2-4,7,11-12,15-16H,5-6H2,1H3;1H/t7-,11+;/m0./s1. The minimum atomic E-state index is -2.73. The SMILES string of the molecule is C[C@@H]1NCCc2c1cccc2[C@@H](O)C(F)F.Cl. The largest absolute Gasteiger partial charge is 0.382 e. The molecule has 2 rings (SSSR count). The van der Waals surface area contributed by atoms with E-state index in [1.165, 1.54) is 0 Å². The van der Waals surface area contributed by atoms with Crippen LogP contribution < -0.4 is 5.32 Å². The summed E-state index contributed by atoms with van der Waals surface area (Å²) in [5.74, 6) is 0. The smallest absolute Gasteiger partial charge is 0.268 e. The van der Waals surface area contributed by atoms with E-state index in [0.29, 0.717) is 12.0 Å². The number of alkyl halides is 2. The number of nitrogens with one attached hydrogen (secondary N) is 1. The molecule has 1 aliphatic heterocycles. The van der Waals surface area contributed by atoms with Gasteiger partial charge < -0.3 is 10.4 Å². The minimum absolute atomic E-state index is 0. The van der Waals surface area contributed by atoms with Gasteiger partial charge in [-0.3, -0.25) is 0 Å². The Bertz CT molecular complexity index is 387. The Labute approximate surface area is 105 Å². The van der Waals surface area contributed by atoms with Crippen molar-refractivity contribution in [3.8, 4) is 0 Å². The summed E-state index contributed by atoms with van der Waals surface area (Å²) in [6.45, 7) is 2.76. The number of hydrogen-bond acceptors (Lipinski definition) is 2. The van der Waals surface area contributed by atoms with Crippen LogP contribution in [0.1, 0.15) is 35.8 Å². The molecule has 0 saturated heterocycles. The van der Waals surface area contributed by atoms with Crippen molar-refractivity contribution in [1.82, 2.24) is 5.32 Å². The number of halogens is 3. The molecule has 2 N–H and O–H groups in total. The van der Waals surface area contributed by atoms with Gasteiger partial charge >= 0.3 is 0 Å². The Hall–Kier alpha value is -0.710.